The van der Waals surface area contributed by atoms with Crippen molar-refractivity contribution in [3.8, 4) is 0 Å². The third kappa shape index (κ3) is 7.87. The number of imidazole rings is 1. The number of aromatic nitrogens is 2. The second kappa shape index (κ2) is 13.3. The highest BCUT2D eigenvalue weighted by Gasteiger charge is 2.38. The van der Waals surface area contributed by atoms with E-state index < -0.39 is 53.8 Å². The van der Waals surface area contributed by atoms with Gasteiger partial charge in [-0.3, -0.25) is 19.2 Å². The van der Waals surface area contributed by atoms with Gasteiger partial charge in [-0.15, -0.1) is 0 Å². The number of amides is 4. The number of nitrogens with one attached hydrogen (secondary N) is 3. The van der Waals surface area contributed by atoms with E-state index in [-0.39, 0.29) is 25.7 Å². The Morgan fingerprint density at radius 1 is 1.11 bits per heavy atom. The van der Waals surface area contributed by atoms with Crippen LogP contribution in [0.1, 0.15) is 36.9 Å². The summed E-state index contributed by atoms with van der Waals surface area (Å²) >= 11 is 0. The van der Waals surface area contributed by atoms with Crippen molar-refractivity contribution in [1.82, 2.24) is 25.5 Å². The van der Waals surface area contributed by atoms with E-state index in [2.05, 4.69) is 20.6 Å². The molecule has 0 aliphatic carbocycles. The van der Waals surface area contributed by atoms with E-state index in [1.54, 1.807) is 36.5 Å². The molecule has 1 saturated heterocycles. The van der Waals surface area contributed by atoms with Gasteiger partial charge in [0.15, 0.2) is 0 Å². The predicted octanol–water partition coefficient (Wildman–Crippen LogP) is -1.17. The van der Waals surface area contributed by atoms with Crippen LogP contribution < -0.4 is 22.1 Å². The molecule has 0 unspecified atom stereocenters. The highest BCUT2D eigenvalue weighted by atomic mass is 16.4. The second-order valence-electron chi connectivity index (χ2n) is 9.22. The van der Waals surface area contributed by atoms with E-state index in [0.29, 0.717) is 30.6 Å². The number of carboxylic acid groups (broad SMARTS) is 1. The maximum absolute atomic E-state index is 13.2. The van der Waals surface area contributed by atoms with E-state index in [1.807, 2.05) is 0 Å². The molecule has 1 aromatic carbocycles. The molecule has 4 amide bonds. The van der Waals surface area contributed by atoms with Crippen molar-refractivity contribution in [3.05, 3.63) is 54.1 Å². The van der Waals surface area contributed by atoms with Crippen LogP contribution >= 0.6 is 0 Å². The van der Waals surface area contributed by atoms with Gasteiger partial charge in [0, 0.05) is 32.0 Å². The summed E-state index contributed by atoms with van der Waals surface area (Å²) in [6.45, 7) is 0.321. The minimum Gasteiger partial charge on any atom is -0.480 e. The van der Waals surface area contributed by atoms with E-state index in [0.717, 1.165) is 0 Å². The molecule has 0 saturated carbocycles. The number of hydrogen-bond donors (Lipinski definition) is 6. The molecular formula is C25H33N7O6. The van der Waals surface area contributed by atoms with Crippen molar-refractivity contribution in [2.45, 2.75) is 62.7 Å². The van der Waals surface area contributed by atoms with Crippen LogP contribution in [0.3, 0.4) is 0 Å². The molecule has 0 bridgehead atoms. The van der Waals surface area contributed by atoms with Crippen LogP contribution in [0.25, 0.3) is 0 Å². The molecule has 1 aliphatic heterocycles. The number of carboxylic acids is 1. The summed E-state index contributed by atoms with van der Waals surface area (Å²) in [5, 5.41) is 14.7. The third-order valence-corrected chi connectivity index (χ3v) is 6.35. The van der Waals surface area contributed by atoms with Crippen LogP contribution in [0.5, 0.6) is 0 Å². The van der Waals surface area contributed by atoms with Crippen LogP contribution in [0.4, 0.5) is 0 Å². The molecule has 4 atom stereocenters. The van der Waals surface area contributed by atoms with Crippen molar-refractivity contribution >= 4 is 29.6 Å². The first kappa shape index (κ1) is 28.3. The van der Waals surface area contributed by atoms with Gasteiger partial charge in [-0.05, 0) is 24.8 Å². The SMILES string of the molecule is NC(=O)CC[C@H](NC(=O)[C@@H]1CCCN1C(=O)[C@@H](N)Cc1c[nH]cn1)C(=O)N[C@@H](Cc1ccccc1)C(=O)O. The number of hydrogen-bond acceptors (Lipinski definition) is 7. The van der Waals surface area contributed by atoms with Crippen molar-refractivity contribution < 1.29 is 29.1 Å². The molecule has 204 valence electrons. The Bertz CT molecular complexity index is 1120. The number of H-pyrrole nitrogens is 1. The lowest BCUT2D eigenvalue weighted by Gasteiger charge is -2.28. The van der Waals surface area contributed by atoms with Gasteiger partial charge in [0.2, 0.25) is 23.6 Å². The van der Waals surface area contributed by atoms with Crippen LogP contribution in [-0.2, 0) is 36.8 Å². The van der Waals surface area contributed by atoms with Gasteiger partial charge in [0.1, 0.15) is 18.1 Å². The van der Waals surface area contributed by atoms with Gasteiger partial charge in [0.05, 0.1) is 18.1 Å². The quantitative estimate of drug-likeness (QED) is 0.186. The van der Waals surface area contributed by atoms with E-state index >= 15 is 0 Å². The fourth-order valence-corrected chi connectivity index (χ4v) is 4.38. The second-order valence-corrected chi connectivity index (χ2v) is 9.22. The zero-order chi connectivity index (χ0) is 27.7. The van der Waals surface area contributed by atoms with Gasteiger partial charge in [-0.1, -0.05) is 30.3 Å². The summed E-state index contributed by atoms with van der Waals surface area (Å²) < 4.78 is 0. The van der Waals surface area contributed by atoms with Crippen molar-refractivity contribution in [2.24, 2.45) is 11.5 Å². The normalized spacial score (nSPS) is 17.3. The number of nitrogens with two attached hydrogens (primary N) is 2. The molecule has 3 rings (SSSR count). The topological polar surface area (TPSA) is 214 Å². The van der Waals surface area contributed by atoms with Gasteiger partial charge >= 0.3 is 5.97 Å². The summed E-state index contributed by atoms with van der Waals surface area (Å²) in [5.41, 5.74) is 12.6. The van der Waals surface area contributed by atoms with Gasteiger partial charge in [-0.2, -0.15) is 0 Å². The number of aliphatic carboxylic acids is 1. The number of carbonyl (C=O) groups excluding carboxylic acids is 4. The van der Waals surface area contributed by atoms with Gasteiger partial charge < -0.3 is 37.1 Å². The van der Waals surface area contributed by atoms with Crippen molar-refractivity contribution in [1.29, 1.82) is 0 Å². The van der Waals surface area contributed by atoms with Crippen molar-refractivity contribution in [3.63, 3.8) is 0 Å². The molecule has 0 spiro atoms. The summed E-state index contributed by atoms with van der Waals surface area (Å²) in [6.07, 6.45) is 3.90. The van der Waals surface area contributed by atoms with E-state index in [4.69, 9.17) is 11.5 Å². The van der Waals surface area contributed by atoms with Gasteiger partial charge in [-0.25, -0.2) is 9.78 Å². The Kier molecular flexibility index (Phi) is 9.93. The lowest BCUT2D eigenvalue weighted by atomic mass is 10.0. The zero-order valence-corrected chi connectivity index (χ0v) is 20.8. The van der Waals surface area contributed by atoms with Crippen LogP contribution in [0.15, 0.2) is 42.9 Å². The Labute approximate surface area is 219 Å². The first-order chi connectivity index (χ1) is 18.2. The Balaban J connectivity index is 1.68. The van der Waals surface area contributed by atoms with Crippen LogP contribution in [-0.4, -0.2) is 80.3 Å². The lowest BCUT2D eigenvalue weighted by molar-refractivity contribution is -0.143. The van der Waals surface area contributed by atoms with E-state index in [9.17, 15) is 29.1 Å². The monoisotopic (exact) mass is 527 g/mol. The maximum Gasteiger partial charge on any atom is 0.326 e. The first-order valence-electron chi connectivity index (χ1n) is 12.3. The molecule has 38 heavy (non-hydrogen) atoms. The third-order valence-electron chi connectivity index (χ3n) is 6.35. The molecule has 2 aromatic rings. The summed E-state index contributed by atoms with van der Waals surface area (Å²) in [4.78, 5) is 70.7. The average Bonchev–Trinajstić information content (AvgIpc) is 3.58. The molecule has 1 aliphatic rings. The highest BCUT2D eigenvalue weighted by Crippen LogP contribution is 2.19. The molecule has 1 fully saturated rings. The van der Waals surface area contributed by atoms with E-state index in [1.165, 1.54) is 11.2 Å². The highest BCUT2D eigenvalue weighted by molar-refractivity contribution is 5.94. The lowest BCUT2D eigenvalue weighted by Crippen LogP contribution is -2.57. The molecule has 13 nitrogen and oxygen atoms in total. The van der Waals surface area contributed by atoms with Gasteiger partial charge in [0.25, 0.3) is 0 Å². The van der Waals surface area contributed by atoms with Crippen LogP contribution in [0, 0.1) is 0 Å². The minimum atomic E-state index is -1.26. The molecular weight excluding hydrogens is 494 g/mol. The fraction of sp³-hybridized carbons (Fsp3) is 0.440. The average molecular weight is 528 g/mol. The number of aromatic amines is 1. The Morgan fingerprint density at radius 3 is 2.47 bits per heavy atom. The Morgan fingerprint density at radius 2 is 1.84 bits per heavy atom. The zero-order valence-electron chi connectivity index (χ0n) is 20.8. The number of nitrogens with zero attached hydrogens (tertiary/aromatic N) is 2. The largest absolute Gasteiger partial charge is 0.480 e. The maximum atomic E-state index is 13.2. The number of carbonyl (C=O) groups is 5. The molecule has 1 aromatic heterocycles. The fourth-order valence-electron chi connectivity index (χ4n) is 4.38. The predicted molar refractivity (Wildman–Crippen MR) is 135 cm³/mol. The Hall–Kier alpha value is -4.26. The first-order valence-corrected chi connectivity index (χ1v) is 12.3. The summed E-state index contributed by atoms with van der Waals surface area (Å²) in [5.74, 6) is -3.72. The number of primary amides is 1. The molecule has 0 radical (unpaired) electrons. The number of rotatable bonds is 13. The van der Waals surface area contributed by atoms with Crippen LogP contribution in [0.2, 0.25) is 0 Å². The number of likely N-dealkylation sites (tertiary alicyclic amines) is 1. The number of benzene rings is 1. The van der Waals surface area contributed by atoms with Crippen molar-refractivity contribution in [2.75, 3.05) is 6.54 Å². The molecule has 2 heterocycles. The summed E-state index contributed by atoms with van der Waals surface area (Å²) in [6, 6.07) is 4.49. The minimum absolute atomic E-state index is 0.0250. The standard InChI is InChI=1S/C25H33N7O6/c26-17(12-16-13-28-14-29-16)24(36)32-10-4-7-20(32)23(35)30-18(8-9-21(27)33)22(34)31-19(25(37)38)11-15-5-2-1-3-6-15/h1-3,5-6,13-14,17-20H,4,7-12,26H2,(H2,27,33)(H,28,29)(H,30,35)(H,31,34)(H,37,38)/t17-,18-,19-,20-/m0/s1. The molecule has 8 N–H and O–H groups in total. The molecule has 13 heteroatoms. The smallest absolute Gasteiger partial charge is 0.326 e. The summed E-state index contributed by atoms with van der Waals surface area (Å²) in [7, 11) is 0.